The molecule has 118 valence electrons. The normalized spacial score (nSPS) is 10.5. The average Bonchev–Trinajstić information content (AvgIpc) is 2.58. The van der Waals surface area contributed by atoms with Crippen molar-refractivity contribution in [1.29, 1.82) is 0 Å². The van der Waals surface area contributed by atoms with E-state index in [0.29, 0.717) is 6.61 Å². The molecule has 0 saturated carbocycles. The van der Waals surface area contributed by atoms with Gasteiger partial charge in [0, 0.05) is 6.08 Å². The minimum absolute atomic E-state index is 0.215. The molecule has 2 rings (SSSR count). The summed E-state index contributed by atoms with van der Waals surface area (Å²) in [5.41, 5.74) is 2.04. The van der Waals surface area contributed by atoms with Gasteiger partial charge in [-0.3, -0.25) is 0 Å². The molecule has 0 fully saturated rings. The molecule has 2 aromatic rings. The van der Waals surface area contributed by atoms with Crippen molar-refractivity contribution >= 4 is 34.6 Å². The Bertz CT molecular complexity index is 693. The van der Waals surface area contributed by atoms with Gasteiger partial charge in [-0.2, -0.15) is 0 Å². The second kappa shape index (κ2) is 9.15. The van der Waals surface area contributed by atoms with Gasteiger partial charge in [0.25, 0.3) is 0 Å². The Morgan fingerprint density at radius 2 is 1.96 bits per heavy atom. The fourth-order valence-corrected chi connectivity index (χ4v) is 2.52. The second-order valence-electron chi connectivity index (χ2n) is 4.72. The lowest BCUT2D eigenvalue weighted by molar-refractivity contribution is -0.136. The molecule has 0 atom stereocenters. The molecule has 4 heteroatoms. The van der Waals surface area contributed by atoms with Crippen LogP contribution in [0.5, 0.6) is 5.75 Å². The van der Waals surface area contributed by atoms with E-state index < -0.39 is 0 Å². The van der Waals surface area contributed by atoms with Crippen LogP contribution < -0.4 is 4.74 Å². The van der Waals surface area contributed by atoms with Gasteiger partial charge in [0.15, 0.2) is 0 Å². The van der Waals surface area contributed by atoms with E-state index >= 15 is 0 Å². The van der Waals surface area contributed by atoms with Crippen LogP contribution in [0, 0.1) is 3.57 Å². The van der Waals surface area contributed by atoms with Crippen LogP contribution in [0.1, 0.15) is 11.1 Å². The number of hydrogen-bond acceptors (Lipinski definition) is 3. The zero-order chi connectivity index (χ0) is 16.5. The van der Waals surface area contributed by atoms with Crippen LogP contribution in [0.15, 0.2) is 67.3 Å². The third-order valence-electron chi connectivity index (χ3n) is 2.95. The summed E-state index contributed by atoms with van der Waals surface area (Å²) in [7, 11) is 0. The van der Waals surface area contributed by atoms with Crippen molar-refractivity contribution in [3.8, 4) is 5.75 Å². The average molecular weight is 420 g/mol. The van der Waals surface area contributed by atoms with Gasteiger partial charge in [0.05, 0.1) is 3.57 Å². The fourth-order valence-electron chi connectivity index (χ4n) is 1.83. The highest BCUT2D eigenvalue weighted by Gasteiger charge is 2.03. The summed E-state index contributed by atoms with van der Waals surface area (Å²) < 4.78 is 11.7. The summed E-state index contributed by atoms with van der Waals surface area (Å²) >= 11 is 2.22. The molecule has 3 nitrogen and oxygen atoms in total. The summed E-state index contributed by atoms with van der Waals surface area (Å²) in [4.78, 5) is 11.4. The molecule has 0 bridgehead atoms. The Balaban J connectivity index is 1.96. The predicted octanol–water partition coefficient (Wildman–Crippen LogP) is 4.61. The molecule has 0 saturated heterocycles. The molecule has 0 aliphatic rings. The van der Waals surface area contributed by atoms with Crippen molar-refractivity contribution in [2.24, 2.45) is 0 Å². The number of benzene rings is 2. The smallest absolute Gasteiger partial charge is 0.331 e. The van der Waals surface area contributed by atoms with E-state index in [0.717, 1.165) is 20.4 Å². The first-order valence-corrected chi connectivity index (χ1v) is 8.19. The summed E-state index contributed by atoms with van der Waals surface area (Å²) in [5, 5.41) is 0. The molecule has 0 spiro atoms. The zero-order valence-corrected chi connectivity index (χ0v) is 14.7. The van der Waals surface area contributed by atoms with Crippen LogP contribution in [0.2, 0.25) is 0 Å². The van der Waals surface area contributed by atoms with E-state index in [9.17, 15) is 4.79 Å². The van der Waals surface area contributed by atoms with Gasteiger partial charge >= 0.3 is 5.97 Å². The number of halogens is 1. The van der Waals surface area contributed by atoms with Crippen LogP contribution in [-0.4, -0.2) is 12.6 Å². The fraction of sp³-hybridized carbons (Fsp3) is 0.105. The lowest BCUT2D eigenvalue weighted by Crippen LogP contribution is -1.99. The number of carbonyl (C=O) groups excluding carboxylic acids is 1. The molecular formula is C19H17IO3. The maximum Gasteiger partial charge on any atom is 0.331 e. The van der Waals surface area contributed by atoms with E-state index in [4.69, 9.17) is 9.47 Å². The second-order valence-corrected chi connectivity index (χ2v) is 5.88. The third-order valence-corrected chi connectivity index (χ3v) is 3.79. The zero-order valence-electron chi connectivity index (χ0n) is 12.6. The van der Waals surface area contributed by atoms with E-state index in [2.05, 4.69) is 29.2 Å². The molecule has 0 radical (unpaired) electrons. The number of ether oxygens (including phenoxy) is 2. The molecule has 0 aliphatic carbocycles. The minimum atomic E-state index is -0.385. The largest absolute Gasteiger partial charge is 0.488 e. The first-order valence-electron chi connectivity index (χ1n) is 7.11. The Morgan fingerprint density at radius 3 is 2.65 bits per heavy atom. The summed E-state index contributed by atoms with van der Waals surface area (Å²) in [6, 6.07) is 15.8. The van der Waals surface area contributed by atoms with Crippen molar-refractivity contribution in [3.63, 3.8) is 0 Å². The van der Waals surface area contributed by atoms with Crippen LogP contribution in [0.25, 0.3) is 6.08 Å². The SMILES string of the molecule is C=CCOC(=O)/C=C/c1ccc(OCc2ccccc2)c(I)c1. The van der Waals surface area contributed by atoms with E-state index in [1.165, 1.54) is 12.2 Å². The summed E-state index contributed by atoms with van der Waals surface area (Å²) in [6.07, 6.45) is 4.65. The van der Waals surface area contributed by atoms with E-state index in [1.807, 2.05) is 48.5 Å². The van der Waals surface area contributed by atoms with Crippen LogP contribution in [0.4, 0.5) is 0 Å². The number of esters is 1. The molecule has 23 heavy (non-hydrogen) atoms. The Labute approximate surface area is 149 Å². The highest BCUT2D eigenvalue weighted by atomic mass is 127. The van der Waals surface area contributed by atoms with Gasteiger partial charge < -0.3 is 9.47 Å². The lowest BCUT2D eigenvalue weighted by Gasteiger charge is -2.09. The maximum atomic E-state index is 11.4. The Morgan fingerprint density at radius 1 is 1.17 bits per heavy atom. The standard InChI is InChI=1S/C19H17IO3/c1-2-12-22-19(21)11-9-15-8-10-18(17(20)13-15)23-14-16-6-4-3-5-7-16/h2-11,13H,1,12,14H2/b11-9+. The van der Waals surface area contributed by atoms with Crippen molar-refractivity contribution in [1.82, 2.24) is 0 Å². The molecular weight excluding hydrogens is 403 g/mol. The number of rotatable bonds is 7. The van der Waals surface area contributed by atoms with Crippen LogP contribution in [-0.2, 0) is 16.1 Å². The van der Waals surface area contributed by atoms with Crippen molar-refractivity contribution in [2.45, 2.75) is 6.61 Å². The molecule has 0 unspecified atom stereocenters. The first-order chi connectivity index (χ1) is 11.2. The Kier molecular flexibility index (Phi) is 6.87. The molecule has 0 aromatic heterocycles. The monoisotopic (exact) mass is 420 g/mol. The molecule has 0 N–H and O–H groups in total. The Hall–Kier alpha value is -2.08. The summed E-state index contributed by atoms with van der Waals surface area (Å²) in [6.45, 7) is 4.24. The maximum absolute atomic E-state index is 11.4. The first kappa shape index (κ1) is 17.3. The van der Waals surface area contributed by atoms with Gasteiger partial charge in [-0.05, 0) is 51.9 Å². The minimum Gasteiger partial charge on any atom is -0.488 e. The highest BCUT2D eigenvalue weighted by molar-refractivity contribution is 14.1. The van der Waals surface area contributed by atoms with Gasteiger partial charge in [0.1, 0.15) is 19.0 Å². The highest BCUT2D eigenvalue weighted by Crippen LogP contribution is 2.23. The van der Waals surface area contributed by atoms with Crippen molar-refractivity contribution < 1.29 is 14.3 Å². The van der Waals surface area contributed by atoms with Crippen LogP contribution >= 0.6 is 22.6 Å². The molecule has 0 heterocycles. The van der Waals surface area contributed by atoms with E-state index in [1.54, 1.807) is 6.08 Å². The van der Waals surface area contributed by atoms with E-state index in [-0.39, 0.29) is 12.6 Å². The van der Waals surface area contributed by atoms with Crippen LogP contribution in [0.3, 0.4) is 0 Å². The topological polar surface area (TPSA) is 35.5 Å². The summed E-state index contributed by atoms with van der Waals surface area (Å²) in [5.74, 6) is 0.435. The van der Waals surface area contributed by atoms with Gasteiger partial charge in [-0.15, -0.1) is 0 Å². The van der Waals surface area contributed by atoms with Crippen molar-refractivity contribution in [2.75, 3.05) is 6.61 Å². The van der Waals surface area contributed by atoms with Crippen molar-refractivity contribution in [3.05, 3.63) is 82.0 Å². The quantitative estimate of drug-likeness (QED) is 0.284. The van der Waals surface area contributed by atoms with Gasteiger partial charge in [0.2, 0.25) is 0 Å². The lowest BCUT2D eigenvalue weighted by atomic mass is 10.2. The number of carbonyl (C=O) groups is 1. The molecule has 0 amide bonds. The molecule has 0 aliphatic heterocycles. The van der Waals surface area contributed by atoms with Gasteiger partial charge in [-0.25, -0.2) is 4.79 Å². The number of hydrogen-bond donors (Lipinski definition) is 0. The predicted molar refractivity (Wildman–Crippen MR) is 100 cm³/mol. The van der Waals surface area contributed by atoms with Gasteiger partial charge in [-0.1, -0.05) is 49.1 Å². The third kappa shape index (κ3) is 5.90. The molecule has 2 aromatic carbocycles.